The Balaban J connectivity index is 1.40. The van der Waals surface area contributed by atoms with Gasteiger partial charge in [-0.25, -0.2) is 0 Å². The molecule has 26 heavy (non-hydrogen) atoms. The molecular formula is C19H24N4O3. The number of nitrogens with one attached hydrogen (secondary N) is 3. The quantitative estimate of drug-likeness (QED) is 0.653. The van der Waals surface area contributed by atoms with Gasteiger partial charge in [-0.2, -0.15) is 0 Å². The lowest BCUT2D eigenvalue weighted by Crippen LogP contribution is -2.52. The van der Waals surface area contributed by atoms with Crippen LogP contribution >= 0.6 is 0 Å². The van der Waals surface area contributed by atoms with Crippen molar-refractivity contribution in [1.29, 1.82) is 0 Å². The van der Waals surface area contributed by atoms with Crippen LogP contribution in [0.2, 0.25) is 0 Å². The summed E-state index contributed by atoms with van der Waals surface area (Å²) in [5, 5.41) is 9.16. The highest BCUT2D eigenvalue weighted by Crippen LogP contribution is 2.28. The maximum atomic E-state index is 12.8. The lowest BCUT2D eigenvalue weighted by molar-refractivity contribution is -0.136. The number of hydrogen-bond acceptors (Lipinski definition) is 5. The number of nitrogens with zero attached hydrogens (tertiary/aromatic N) is 1. The highest BCUT2D eigenvalue weighted by atomic mass is 16.2. The Kier molecular flexibility index (Phi) is 4.74. The average Bonchev–Trinajstić information content (AvgIpc) is 3.24. The maximum absolute atomic E-state index is 12.8. The van der Waals surface area contributed by atoms with Gasteiger partial charge in [0.1, 0.15) is 6.04 Å². The third kappa shape index (κ3) is 3.37. The molecule has 0 aliphatic carbocycles. The van der Waals surface area contributed by atoms with E-state index in [1.54, 1.807) is 4.90 Å². The molecule has 0 aromatic heterocycles. The summed E-state index contributed by atoms with van der Waals surface area (Å²) in [7, 11) is 0. The molecule has 2 saturated heterocycles. The van der Waals surface area contributed by atoms with E-state index >= 15 is 0 Å². The van der Waals surface area contributed by atoms with Gasteiger partial charge in [-0.05, 0) is 55.6 Å². The summed E-state index contributed by atoms with van der Waals surface area (Å²) in [6, 6.07) is 5.40. The van der Waals surface area contributed by atoms with E-state index in [1.807, 2.05) is 18.2 Å². The van der Waals surface area contributed by atoms with Gasteiger partial charge in [0.15, 0.2) is 0 Å². The smallest absolute Gasteiger partial charge is 0.255 e. The number of fused-ring (bicyclic) bond motifs is 1. The lowest BCUT2D eigenvalue weighted by Gasteiger charge is -2.29. The predicted molar refractivity (Wildman–Crippen MR) is 95.2 cm³/mol. The van der Waals surface area contributed by atoms with E-state index in [0.29, 0.717) is 24.4 Å². The van der Waals surface area contributed by atoms with Gasteiger partial charge in [0, 0.05) is 25.1 Å². The molecule has 2 fully saturated rings. The number of hydrogen-bond donors (Lipinski definition) is 3. The van der Waals surface area contributed by atoms with E-state index in [0.717, 1.165) is 37.3 Å². The van der Waals surface area contributed by atoms with E-state index in [1.165, 1.54) is 6.42 Å². The van der Waals surface area contributed by atoms with Gasteiger partial charge in [-0.15, -0.1) is 0 Å². The first-order valence-electron chi connectivity index (χ1n) is 9.29. The molecule has 3 amide bonds. The molecule has 0 spiro atoms. The first kappa shape index (κ1) is 17.2. The molecule has 7 nitrogen and oxygen atoms in total. The predicted octanol–water partition coefficient (Wildman–Crippen LogP) is 0.147. The SMILES string of the molecule is O=C1CCC(N2Cc3ccc(CNC[C@H]4CCNC4)cc3C2=O)C(=O)N1. The fourth-order valence-electron chi connectivity index (χ4n) is 4.02. The van der Waals surface area contributed by atoms with E-state index in [-0.39, 0.29) is 24.1 Å². The van der Waals surface area contributed by atoms with Crippen LogP contribution in [0.1, 0.15) is 40.7 Å². The van der Waals surface area contributed by atoms with E-state index in [2.05, 4.69) is 16.0 Å². The fraction of sp³-hybridized carbons (Fsp3) is 0.526. The molecule has 3 aliphatic rings. The van der Waals surface area contributed by atoms with Crippen molar-refractivity contribution in [2.45, 2.75) is 38.4 Å². The lowest BCUT2D eigenvalue weighted by atomic mass is 10.0. The summed E-state index contributed by atoms with van der Waals surface area (Å²) < 4.78 is 0. The molecule has 3 N–H and O–H groups in total. The summed E-state index contributed by atoms with van der Waals surface area (Å²) >= 11 is 0. The Morgan fingerprint density at radius 3 is 2.85 bits per heavy atom. The zero-order valence-electron chi connectivity index (χ0n) is 14.7. The normalized spacial score (nSPS) is 25.5. The largest absolute Gasteiger partial charge is 0.322 e. The second-order valence-corrected chi connectivity index (χ2v) is 7.38. The molecule has 7 heteroatoms. The Morgan fingerprint density at radius 1 is 1.19 bits per heavy atom. The average molecular weight is 356 g/mol. The van der Waals surface area contributed by atoms with Gasteiger partial charge in [0.2, 0.25) is 11.8 Å². The van der Waals surface area contributed by atoms with Crippen molar-refractivity contribution in [2.75, 3.05) is 19.6 Å². The van der Waals surface area contributed by atoms with Crippen LogP contribution in [0.25, 0.3) is 0 Å². The number of amides is 3. The van der Waals surface area contributed by atoms with Crippen LogP contribution in [0.15, 0.2) is 18.2 Å². The van der Waals surface area contributed by atoms with E-state index < -0.39 is 6.04 Å². The van der Waals surface area contributed by atoms with Crippen LogP contribution in [0.4, 0.5) is 0 Å². The van der Waals surface area contributed by atoms with Gasteiger partial charge in [0.25, 0.3) is 5.91 Å². The summed E-state index contributed by atoms with van der Waals surface area (Å²) in [6.07, 6.45) is 1.88. The van der Waals surface area contributed by atoms with E-state index in [9.17, 15) is 14.4 Å². The molecule has 0 bridgehead atoms. The van der Waals surface area contributed by atoms with Crippen LogP contribution in [0, 0.1) is 5.92 Å². The minimum Gasteiger partial charge on any atom is -0.322 e. The maximum Gasteiger partial charge on any atom is 0.255 e. The van der Waals surface area contributed by atoms with Crippen molar-refractivity contribution in [3.63, 3.8) is 0 Å². The molecule has 138 valence electrons. The molecule has 3 heterocycles. The Hall–Kier alpha value is -2.25. The minimum atomic E-state index is -0.552. The van der Waals surface area contributed by atoms with Gasteiger partial charge in [-0.3, -0.25) is 19.7 Å². The second kappa shape index (κ2) is 7.17. The molecule has 1 unspecified atom stereocenters. The molecule has 0 saturated carbocycles. The molecular weight excluding hydrogens is 332 g/mol. The Labute approximate surface area is 152 Å². The second-order valence-electron chi connectivity index (χ2n) is 7.38. The van der Waals surface area contributed by atoms with E-state index in [4.69, 9.17) is 0 Å². The number of carbonyl (C=O) groups is 3. The van der Waals surface area contributed by atoms with Crippen molar-refractivity contribution in [3.8, 4) is 0 Å². The summed E-state index contributed by atoms with van der Waals surface area (Å²) in [4.78, 5) is 37.8. The third-order valence-corrected chi connectivity index (χ3v) is 5.52. The van der Waals surface area contributed by atoms with Crippen molar-refractivity contribution in [3.05, 3.63) is 34.9 Å². The highest BCUT2D eigenvalue weighted by Gasteiger charge is 2.39. The van der Waals surface area contributed by atoms with Crippen LogP contribution < -0.4 is 16.0 Å². The molecule has 1 aromatic carbocycles. The molecule has 1 aromatic rings. The summed E-state index contributed by atoms with van der Waals surface area (Å²) in [5.41, 5.74) is 2.70. The standard InChI is InChI=1S/C19H24N4O3/c24-17-4-3-16(18(25)22-17)23-11-14-2-1-12(7-15(14)19(23)26)8-21-10-13-5-6-20-9-13/h1-2,7,13,16,20-21H,3-6,8-11H2,(H,22,24,25)/t13-,16?/m0/s1. The minimum absolute atomic E-state index is 0.114. The summed E-state index contributed by atoms with van der Waals surface area (Å²) in [5.74, 6) is -0.0684. The monoisotopic (exact) mass is 356 g/mol. The van der Waals surface area contributed by atoms with Gasteiger partial charge in [0.05, 0.1) is 0 Å². The molecule has 2 atom stereocenters. The third-order valence-electron chi connectivity index (χ3n) is 5.52. The Morgan fingerprint density at radius 2 is 2.08 bits per heavy atom. The van der Waals surface area contributed by atoms with Crippen LogP contribution in [0.5, 0.6) is 0 Å². The number of imide groups is 1. The highest BCUT2D eigenvalue weighted by molar-refractivity contribution is 6.05. The molecule has 0 radical (unpaired) electrons. The van der Waals surface area contributed by atoms with Crippen molar-refractivity contribution >= 4 is 17.7 Å². The Bertz CT molecular complexity index is 742. The van der Waals surface area contributed by atoms with Crippen molar-refractivity contribution in [2.24, 2.45) is 5.92 Å². The topological polar surface area (TPSA) is 90.5 Å². The number of piperidine rings is 1. The number of rotatable bonds is 5. The van der Waals surface area contributed by atoms with Crippen LogP contribution in [0.3, 0.4) is 0 Å². The van der Waals surface area contributed by atoms with Crippen LogP contribution in [-0.2, 0) is 22.7 Å². The molecule has 4 rings (SSSR count). The number of carbonyl (C=O) groups excluding carboxylic acids is 3. The molecule has 3 aliphatic heterocycles. The van der Waals surface area contributed by atoms with Crippen LogP contribution in [-0.4, -0.2) is 48.3 Å². The number of benzene rings is 1. The van der Waals surface area contributed by atoms with Gasteiger partial charge >= 0.3 is 0 Å². The zero-order valence-corrected chi connectivity index (χ0v) is 14.7. The van der Waals surface area contributed by atoms with Crippen molar-refractivity contribution < 1.29 is 14.4 Å². The van der Waals surface area contributed by atoms with Gasteiger partial charge < -0.3 is 15.5 Å². The van der Waals surface area contributed by atoms with Gasteiger partial charge in [-0.1, -0.05) is 12.1 Å². The first-order valence-corrected chi connectivity index (χ1v) is 9.29. The fourth-order valence-corrected chi connectivity index (χ4v) is 4.02. The first-order chi connectivity index (χ1) is 12.6. The zero-order chi connectivity index (χ0) is 18.1. The summed E-state index contributed by atoms with van der Waals surface area (Å²) in [6.45, 7) is 4.30. The van der Waals surface area contributed by atoms with Crippen molar-refractivity contribution in [1.82, 2.24) is 20.9 Å².